The van der Waals surface area contributed by atoms with E-state index in [1.807, 2.05) is 59.5 Å². The minimum Gasteiger partial charge on any atom is -0.457 e. The lowest BCUT2D eigenvalue weighted by Crippen LogP contribution is -2.40. The van der Waals surface area contributed by atoms with Crippen LogP contribution in [0.4, 0.5) is 19.0 Å². The van der Waals surface area contributed by atoms with Gasteiger partial charge in [-0.25, -0.2) is 0 Å². The maximum atomic E-state index is 13.1. The Bertz CT molecular complexity index is 1330. The number of halogens is 3. The maximum absolute atomic E-state index is 13.1. The summed E-state index contributed by atoms with van der Waals surface area (Å²) >= 11 is 0. The number of fused-ring (bicyclic) bond motifs is 1. The number of piperidine rings is 1. The lowest BCUT2D eigenvalue weighted by atomic mass is 9.96. The van der Waals surface area contributed by atoms with E-state index in [0.29, 0.717) is 48.6 Å². The van der Waals surface area contributed by atoms with Crippen LogP contribution in [0, 0.1) is 5.92 Å². The molecule has 36 heavy (non-hydrogen) atoms. The molecule has 2 aromatic carbocycles. The molecule has 1 fully saturated rings. The first-order valence-electron chi connectivity index (χ1n) is 11.5. The predicted molar refractivity (Wildman–Crippen MR) is 126 cm³/mol. The van der Waals surface area contributed by atoms with E-state index >= 15 is 0 Å². The van der Waals surface area contributed by atoms with Crippen molar-refractivity contribution in [3.63, 3.8) is 0 Å². The standard InChI is InChI=1S/C25H23F3N6O2/c26-25(27,28)24-31-30-21-10-11-22(32-34(21)24)33-14-12-18(13-15-33)23(35)29-16-17-6-8-20(9-7-17)36-19-4-2-1-3-5-19/h1-11,18H,12-16H2,(H,29,35). The molecule has 0 spiro atoms. The van der Waals surface area contributed by atoms with Crippen molar-refractivity contribution >= 4 is 17.4 Å². The number of aromatic nitrogens is 4. The number of hydrogen-bond acceptors (Lipinski definition) is 6. The van der Waals surface area contributed by atoms with Crippen molar-refractivity contribution in [3.8, 4) is 11.5 Å². The van der Waals surface area contributed by atoms with Crippen LogP contribution in [0.3, 0.4) is 0 Å². The van der Waals surface area contributed by atoms with Gasteiger partial charge in [0.05, 0.1) is 0 Å². The van der Waals surface area contributed by atoms with Gasteiger partial charge in [0.1, 0.15) is 17.3 Å². The van der Waals surface area contributed by atoms with Crippen LogP contribution in [0.15, 0.2) is 66.7 Å². The highest BCUT2D eigenvalue weighted by Gasteiger charge is 2.38. The second-order valence-corrected chi connectivity index (χ2v) is 8.52. The molecule has 2 aromatic heterocycles. The number of carbonyl (C=O) groups excluding carboxylic acids is 1. The molecule has 11 heteroatoms. The van der Waals surface area contributed by atoms with Crippen LogP contribution in [0.5, 0.6) is 11.5 Å². The van der Waals surface area contributed by atoms with E-state index in [1.165, 1.54) is 6.07 Å². The normalized spacial score (nSPS) is 14.7. The third kappa shape index (κ3) is 5.24. The third-order valence-corrected chi connectivity index (χ3v) is 6.06. The number of anilines is 1. The van der Waals surface area contributed by atoms with Crippen LogP contribution in [-0.2, 0) is 17.5 Å². The number of nitrogens with one attached hydrogen (secondary N) is 1. The molecule has 1 N–H and O–H groups in total. The van der Waals surface area contributed by atoms with Gasteiger partial charge in [0, 0.05) is 25.6 Å². The number of benzene rings is 2. The zero-order chi connectivity index (χ0) is 25.1. The molecule has 186 valence electrons. The van der Waals surface area contributed by atoms with Gasteiger partial charge in [0.25, 0.3) is 5.82 Å². The molecule has 4 aromatic rings. The van der Waals surface area contributed by atoms with Crippen molar-refractivity contribution < 1.29 is 22.7 Å². The van der Waals surface area contributed by atoms with E-state index in [-0.39, 0.29) is 17.5 Å². The largest absolute Gasteiger partial charge is 0.457 e. The highest BCUT2D eigenvalue weighted by molar-refractivity contribution is 5.79. The number of carbonyl (C=O) groups is 1. The molecule has 5 rings (SSSR count). The fourth-order valence-corrected chi connectivity index (χ4v) is 4.13. The van der Waals surface area contributed by atoms with Gasteiger partial charge in [-0.1, -0.05) is 30.3 Å². The zero-order valence-corrected chi connectivity index (χ0v) is 19.2. The molecule has 0 bridgehead atoms. The number of nitrogens with zero attached hydrogens (tertiary/aromatic N) is 5. The van der Waals surface area contributed by atoms with Crippen molar-refractivity contribution in [1.29, 1.82) is 0 Å². The fourth-order valence-electron chi connectivity index (χ4n) is 4.13. The molecule has 1 amide bonds. The summed E-state index contributed by atoms with van der Waals surface area (Å²) in [6.07, 6.45) is -3.50. The summed E-state index contributed by atoms with van der Waals surface area (Å²) in [6.45, 7) is 1.41. The second kappa shape index (κ2) is 9.84. The Morgan fingerprint density at radius 1 is 0.944 bits per heavy atom. The van der Waals surface area contributed by atoms with Crippen molar-refractivity contribution in [3.05, 3.63) is 78.1 Å². The van der Waals surface area contributed by atoms with Crippen molar-refractivity contribution in [2.45, 2.75) is 25.6 Å². The van der Waals surface area contributed by atoms with Gasteiger partial charge in [0.2, 0.25) is 5.91 Å². The van der Waals surface area contributed by atoms with Crippen LogP contribution in [0.25, 0.3) is 5.65 Å². The first-order valence-corrected chi connectivity index (χ1v) is 11.5. The average Bonchev–Trinajstić information content (AvgIpc) is 3.33. The Hall–Kier alpha value is -4.15. The zero-order valence-electron chi connectivity index (χ0n) is 19.2. The van der Waals surface area contributed by atoms with Gasteiger partial charge in [-0.05, 0) is 54.8 Å². The molecule has 8 nitrogen and oxygen atoms in total. The SMILES string of the molecule is O=C(NCc1ccc(Oc2ccccc2)cc1)C1CCN(c2ccc3nnc(C(F)(F)F)n3n2)CC1. The molecule has 0 atom stereocenters. The molecular formula is C25H23F3N6O2. The Balaban J connectivity index is 1.13. The molecule has 0 unspecified atom stereocenters. The first-order chi connectivity index (χ1) is 17.4. The van der Waals surface area contributed by atoms with E-state index in [0.717, 1.165) is 11.3 Å². The first kappa shape index (κ1) is 23.6. The summed E-state index contributed by atoms with van der Waals surface area (Å²) in [7, 11) is 0. The van der Waals surface area contributed by atoms with Gasteiger partial charge < -0.3 is 15.0 Å². The van der Waals surface area contributed by atoms with E-state index in [9.17, 15) is 18.0 Å². The van der Waals surface area contributed by atoms with E-state index in [4.69, 9.17) is 4.74 Å². The van der Waals surface area contributed by atoms with Crippen LogP contribution < -0.4 is 15.0 Å². The van der Waals surface area contributed by atoms with Gasteiger partial charge in [0.15, 0.2) is 5.65 Å². The Morgan fingerprint density at radius 2 is 1.64 bits per heavy atom. The van der Waals surface area contributed by atoms with Gasteiger partial charge in [-0.15, -0.1) is 15.3 Å². The number of hydrogen-bond donors (Lipinski definition) is 1. The number of amides is 1. The topological polar surface area (TPSA) is 84.6 Å². The highest BCUT2D eigenvalue weighted by Crippen LogP contribution is 2.29. The van der Waals surface area contributed by atoms with Crippen LogP contribution >= 0.6 is 0 Å². The molecule has 0 saturated carbocycles. The minimum atomic E-state index is -4.65. The summed E-state index contributed by atoms with van der Waals surface area (Å²) in [4.78, 5) is 14.6. The monoisotopic (exact) mass is 496 g/mol. The second-order valence-electron chi connectivity index (χ2n) is 8.52. The van der Waals surface area contributed by atoms with Crippen LogP contribution in [-0.4, -0.2) is 38.8 Å². The minimum absolute atomic E-state index is 0.0278. The number of ether oxygens (including phenoxy) is 1. The van der Waals surface area contributed by atoms with Crippen molar-refractivity contribution in [1.82, 2.24) is 25.1 Å². The van der Waals surface area contributed by atoms with Gasteiger partial charge in [-0.3, -0.25) is 4.79 Å². The summed E-state index contributed by atoms with van der Waals surface area (Å²) < 4.78 is 45.9. The number of para-hydroxylation sites is 1. The molecule has 0 aliphatic carbocycles. The van der Waals surface area contributed by atoms with Gasteiger partial charge >= 0.3 is 6.18 Å². The number of alkyl halides is 3. The summed E-state index contributed by atoms with van der Waals surface area (Å²) in [5.41, 5.74) is 0.980. The summed E-state index contributed by atoms with van der Waals surface area (Å²) in [5, 5.41) is 13.8. The molecule has 1 saturated heterocycles. The van der Waals surface area contributed by atoms with Crippen molar-refractivity contribution in [2.24, 2.45) is 5.92 Å². The van der Waals surface area contributed by atoms with Gasteiger partial charge in [-0.2, -0.15) is 17.7 Å². The van der Waals surface area contributed by atoms with E-state index in [1.54, 1.807) is 6.07 Å². The lowest BCUT2D eigenvalue weighted by molar-refractivity contribution is -0.146. The Labute approximate surface area is 204 Å². The molecule has 1 aliphatic heterocycles. The Kier molecular flexibility index (Phi) is 6.45. The predicted octanol–water partition coefficient (Wildman–Crippen LogP) is 4.47. The molecule has 3 heterocycles. The quantitative estimate of drug-likeness (QED) is 0.424. The fraction of sp³-hybridized carbons (Fsp3) is 0.280. The van der Waals surface area contributed by atoms with E-state index in [2.05, 4.69) is 20.6 Å². The van der Waals surface area contributed by atoms with Crippen molar-refractivity contribution in [2.75, 3.05) is 18.0 Å². The lowest BCUT2D eigenvalue weighted by Gasteiger charge is -2.32. The smallest absolute Gasteiger partial charge is 0.453 e. The maximum Gasteiger partial charge on any atom is 0.453 e. The number of rotatable bonds is 6. The average molecular weight is 496 g/mol. The molecular weight excluding hydrogens is 473 g/mol. The van der Waals surface area contributed by atoms with E-state index < -0.39 is 12.0 Å². The summed E-state index contributed by atoms with van der Waals surface area (Å²) in [6, 6.07) is 20.1. The summed E-state index contributed by atoms with van der Waals surface area (Å²) in [5.74, 6) is 0.483. The highest BCUT2D eigenvalue weighted by atomic mass is 19.4. The third-order valence-electron chi connectivity index (χ3n) is 6.06. The Morgan fingerprint density at radius 3 is 2.33 bits per heavy atom. The van der Waals surface area contributed by atoms with Crippen LogP contribution in [0.2, 0.25) is 0 Å². The van der Waals surface area contributed by atoms with Crippen LogP contribution in [0.1, 0.15) is 24.2 Å². The molecule has 1 aliphatic rings. The molecule has 0 radical (unpaired) electrons.